The zero-order valence-corrected chi connectivity index (χ0v) is 11.5. The minimum Gasteiger partial charge on any atom is -0.496 e. The fourth-order valence-corrected chi connectivity index (χ4v) is 2.31. The molecule has 1 aromatic carbocycles. The molecule has 0 saturated heterocycles. The summed E-state index contributed by atoms with van der Waals surface area (Å²) >= 11 is 6.12. The summed E-state index contributed by atoms with van der Waals surface area (Å²) in [5.74, 6) is 0.361. The van der Waals surface area contributed by atoms with Crippen LogP contribution in [-0.2, 0) is 9.53 Å². The van der Waals surface area contributed by atoms with Crippen molar-refractivity contribution >= 4 is 17.6 Å². The van der Waals surface area contributed by atoms with Crippen LogP contribution in [0.5, 0.6) is 5.75 Å². The topological polar surface area (TPSA) is 35.5 Å². The maximum absolute atomic E-state index is 11.5. The zero-order chi connectivity index (χ0) is 13.2. The van der Waals surface area contributed by atoms with Crippen LogP contribution in [0.4, 0.5) is 0 Å². The SMILES string of the molecule is COC(=O)C(Cl)c1c(C)cc(OC)c(C)c1C. The van der Waals surface area contributed by atoms with E-state index in [1.807, 2.05) is 26.8 Å². The average Bonchev–Trinajstić information content (AvgIpc) is 2.32. The Hall–Kier alpha value is -1.22. The Bertz CT molecular complexity index is 441. The molecule has 1 atom stereocenters. The quantitative estimate of drug-likeness (QED) is 0.616. The Morgan fingerprint density at radius 1 is 1.24 bits per heavy atom. The van der Waals surface area contributed by atoms with Crippen molar-refractivity contribution in [1.29, 1.82) is 0 Å². The van der Waals surface area contributed by atoms with Crippen molar-refractivity contribution in [2.45, 2.75) is 26.1 Å². The molecule has 4 heteroatoms. The van der Waals surface area contributed by atoms with E-state index in [0.29, 0.717) is 0 Å². The summed E-state index contributed by atoms with van der Waals surface area (Å²) in [6, 6.07) is 1.88. The molecule has 0 aliphatic rings. The third-order valence-electron chi connectivity index (χ3n) is 2.99. The van der Waals surface area contributed by atoms with Crippen LogP contribution in [-0.4, -0.2) is 20.2 Å². The molecule has 0 aromatic heterocycles. The van der Waals surface area contributed by atoms with Crippen molar-refractivity contribution < 1.29 is 14.3 Å². The maximum atomic E-state index is 11.5. The molecule has 0 saturated carbocycles. The Balaban J connectivity index is 3.35. The Morgan fingerprint density at radius 2 is 1.82 bits per heavy atom. The summed E-state index contributed by atoms with van der Waals surface area (Å²) in [5, 5.41) is -0.774. The molecular formula is C13H17ClO3. The van der Waals surface area contributed by atoms with E-state index in [1.165, 1.54) is 7.11 Å². The second-order valence-corrected chi connectivity index (χ2v) is 4.38. The van der Waals surface area contributed by atoms with Gasteiger partial charge in [-0.1, -0.05) is 0 Å². The molecule has 0 fully saturated rings. The first kappa shape index (κ1) is 13.8. The standard InChI is InChI=1S/C13H17ClO3/c1-7-6-10(16-4)8(2)9(3)11(7)12(14)13(15)17-5/h6,12H,1-5H3. The van der Waals surface area contributed by atoms with Crippen LogP contribution in [0.15, 0.2) is 6.07 Å². The Labute approximate surface area is 107 Å². The summed E-state index contributed by atoms with van der Waals surface area (Å²) in [6.45, 7) is 5.78. The minimum atomic E-state index is -0.774. The fourth-order valence-electron chi connectivity index (χ4n) is 1.89. The first-order valence-electron chi connectivity index (χ1n) is 5.30. The van der Waals surface area contributed by atoms with Crippen molar-refractivity contribution in [3.63, 3.8) is 0 Å². The number of ether oxygens (including phenoxy) is 2. The van der Waals surface area contributed by atoms with E-state index in [-0.39, 0.29) is 0 Å². The Morgan fingerprint density at radius 3 is 2.29 bits per heavy atom. The first-order chi connectivity index (χ1) is 7.93. The summed E-state index contributed by atoms with van der Waals surface area (Å²) in [5.41, 5.74) is 3.68. The average molecular weight is 257 g/mol. The lowest BCUT2D eigenvalue weighted by Gasteiger charge is -2.18. The highest BCUT2D eigenvalue weighted by atomic mass is 35.5. The van der Waals surface area contributed by atoms with E-state index in [4.69, 9.17) is 16.3 Å². The number of benzene rings is 1. The van der Waals surface area contributed by atoms with E-state index < -0.39 is 11.3 Å². The van der Waals surface area contributed by atoms with Gasteiger partial charge in [0, 0.05) is 0 Å². The number of rotatable bonds is 3. The molecule has 0 spiro atoms. The number of halogens is 1. The van der Waals surface area contributed by atoms with E-state index in [1.54, 1.807) is 7.11 Å². The van der Waals surface area contributed by atoms with Crippen LogP contribution in [0, 0.1) is 20.8 Å². The number of carbonyl (C=O) groups is 1. The minimum absolute atomic E-state index is 0.442. The number of hydrogen-bond donors (Lipinski definition) is 0. The summed E-state index contributed by atoms with van der Waals surface area (Å²) < 4.78 is 9.94. The molecule has 1 unspecified atom stereocenters. The predicted molar refractivity (Wildman–Crippen MR) is 67.8 cm³/mol. The third-order valence-corrected chi connectivity index (χ3v) is 3.39. The molecule has 94 valence electrons. The van der Waals surface area contributed by atoms with Crippen molar-refractivity contribution in [2.75, 3.05) is 14.2 Å². The molecule has 0 aliphatic carbocycles. The van der Waals surface area contributed by atoms with E-state index in [2.05, 4.69) is 4.74 Å². The van der Waals surface area contributed by atoms with Crippen LogP contribution in [0.2, 0.25) is 0 Å². The van der Waals surface area contributed by atoms with Crippen molar-refractivity contribution in [3.8, 4) is 5.75 Å². The molecule has 1 aromatic rings. The summed E-state index contributed by atoms with van der Waals surface area (Å²) in [6.07, 6.45) is 0. The van der Waals surface area contributed by atoms with Gasteiger partial charge in [0.1, 0.15) is 5.75 Å². The van der Waals surface area contributed by atoms with Crippen molar-refractivity contribution in [1.82, 2.24) is 0 Å². The second kappa shape index (κ2) is 5.41. The molecule has 1 rings (SSSR count). The van der Waals surface area contributed by atoms with Gasteiger partial charge in [0.05, 0.1) is 14.2 Å². The molecule has 3 nitrogen and oxygen atoms in total. The Kier molecular flexibility index (Phi) is 4.40. The first-order valence-corrected chi connectivity index (χ1v) is 5.74. The second-order valence-electron chi connectivity index (χ2n) is 3.95. The van der Waals surface area contributed by atoms with Crippen LogP contribution in [0.25, 0.3) is 0 Å². The van der Waals surface area contributed by atoms with E-state index >= 15 is 0 Å². The largest absolute Gasteiger partial charge is 0.496 e. The molecular weight excluding hydrogens is 240 g/mol. The van der Waals surface area contributed by atoms with Gasteiger partial charge in [-0.25, -0.2) is 0 Å². The number of esters is 1. The van der Waals surface area contributed by atoms with E-state index in [9.17, 15) is 4.79 Å². The molecule has 0 amide bonds. The van der Waals surface area contributed by atoms with Crippen molar-refractivity contribution in [3.05, 3.63) is 28.3 Å². The van der Waals surface area contributed by atoms with Gasteiger partial charge >= 0.3 is 5.97 Å². The van der Waals surface area contributed by atoms with Gasteiger partial charge in [0.25, 0.3) is 0 Å². The molecule has 17 heavy (non-hydrogen) atoms. The highest BCUT2D eigenvalue weighted by Gasteiger charge is 2.24. The van der Waals surface area contributed by atoms with Gasteiger partial charge in [-0.15, -0.1) is 11.6 Å². The summed E-state index contributed by atoms with van der Waals surface area (Å²) in [7, 11) is 2.96. The lowest BCUT2D eigenvalue weighted by Crippen LogP contribution is -2.12. The summed E-state index contributed by atoms with van der Waals surface area (Å²) in [4.78, 5) is 11.5. The van der Waals surface area contributed by atoms with Crippen LogP contribution in [0.1, 0.15) is 27.6 Å². The van der Waals surface area contributed by atoms with Crippen LogP contribution in [0.3, 0.4) is 0 Å². The number of aryl methyl sites for hydroxylation is 1. The number of hydrogen-bond acceptors (Lipinski definition) is 3. The molecule has 0 radical (unpaired) electrons. The fraction of sp³-hybridized carbons (Fsp3) is 0.462. The molecule has 0 aliphatic heterocycles. The maximum Gasteiger partial charge on any atom is 0.328 e. The highest BCUT2D eigenvalue weighted by molar-refractivity contribution is 6.30. The lowest BCUT2D eigenvalue weighted by atomic mass is 9.95. The monoisotopic (exact) mass is 256 g/mol. The lowest BCUT2D eigenvalue weighted by molar-refractivity contribution is -0.140. The molecule has 0 N–H and O–H groups in total. The molecule has 0 heterocycles. The van der Waals surface area contributed by atoms with Crippen molar-refractivity contribution in [2.24, 2.45) is 0 Å². The normalized spacial score (nSPS) is 12.1. The van der Waals surface area contributed by atoms with Crippen LogP contribution >= 0.6 is 11.6 Å². The number of methoxy groups -OCH3 is 2. The highest BCUT2D eigenvalue weighted by Crippen LogP contribution is 2.34. The van der Waals surface area contributed by atoms with Crippen LogP contribution < -0.4 is 4.74 Å². The smallest absolute Gasteiger partial charge is 0.328 e. The predicted octanol–water partition coefficient (Wildman–Crippen LogP) is 3.07. The van der Waals surface area contributed by atoms with Gasteiger partial charge in [-0.3, -0.25) is 4.79 Å². The van der Waals surface area contributed by atoms with Gasteiger partial charge in [-0.2, -0.15) is 0 Å². The van der Waals surface area contributed by atoms with Gasteiger partial charge in [0.15, 0.2) is 5.38 Å². The number of carbonyl (C=O) groups excluding carboxylic acids is 1. The van der Waals surface area contributed by atoms with Gasteiger partial charge in [-0.05, 0) is 49.1 Å². The zero-order valence-electron chi connectivity index (χ0n) is 10.8. The van der Waals surface area contributed by atoms with Gasteiger partial charge < -0.3 is 9.47 Å². The van der Waals surface area contributed by atoms with E-state index in [0.717, 1.165) is 28.0 Å². The molecule has 0 bridgehead atoms. The number of alkyl halides is 1. The van der Waals surface area contributed by atoms with Gasteiger partial charge in [0.2, 0.25) is 0 Å². The third kappa shape index (κ3) is 2.55.